The van der Waals surface area contributed by atoms with Gasteiger partial charge in [-0.3, -0.25) is 14.2 Å². The number of aryl methyl sites for hydroxylation is 2. The van der Waals surface area contributed by atoms with Gasteiger partial charge in [0.15, 0.2) is 5.16 Å². The van der Waals surface area contributed by atoms with E-state index in [1.807, 2.05) is 50.2 Å². The molecule has 6 nitrogen and oxygen atoms in total. The fraction of sp³-hybridized carbons (Fsp3) is 0.208. The molecule has 7 heteroatoms. The second kappa shape index (κ2) is 8.81. The van der Waals surface area contributed by atoms with Crippen LogP contribution in [0.15, 0.2) is 75.2 Å². The average molecular weight is 434 g/mol. The summed E-state index contributed by atoms with van der Waals surface area (Å²) in [5.74, 6) is 0.805. The van der Waals surface area contributed by atoms with Gasteiger partial charge in [0.1, 0.15) is 5.76 Å². The first kappa shape index (κ1) is 20.9. The predicted octanol–water partition coefficient (Wildman–Crippen LogP) is 4.35. The van der Waals surface area contributed by atoms with Gasteiger partial charge in [0, 0.05) is 7.05 Å². The third-order valence-corrected chi connectivity index (χ3v) is 5.86. The van der Waals surface area contributed by atoms with Crippen LogP contribution in [-0.4, -0.2) is 33.2 Å². The van der Waals surface area contributed by atoms with Crippen molar-refractivity contribution >= 4 is 28.6 Å². The monoisotopic (exact) mass is 433 g/mol. The van der Waals surface area contributed by atoms with Crippen LogP contribution in [0, 0.1) is 13.8 Å². The largest absolute Gasteiger partial charge is 0.467 e. The molecule has 0 aliphatic rings. The summed E-state index contributed by atoms with van der Waals surface area (Å²) in [6.07, 6.45) is 1.59. The fourth-order valence-corrected chi connectivity index (χ4v) is 4.43. The maximum Gasteiger partial charge on any atom is 0.266 e. The topological polar surface area (TPSA) is 68.3 Å². The molecular formula is C24H23N3O3S. The summed E-state index contributed by atoms with van der Waals surface area (Å²) in [4.78, 5) is 32.4. The van der Waals surface area contributed by atoms with Gasteiger partial charge in [-0.05, 0) is 61.4 Å². The van der Waals surface area contributed by atoms with E-state index >= 15 is 0 Å². The lowest BCUT2D eigenvalue weighted by molar-refractivity contribution is -0.127. The number of thioether (sulfide) groups is 1. The molecule has 2 aromatic heterocycles. The molecule has 0 fully saturated rings. The SMILES string of the molecule is Cc1cc(C)cc(-n2c(SCC(=O)N(C)Cc3ccco3)nc3ccccc3c2=O)c1. The van der Waals surface area contributed by atoms with Crippen molar-refractivity contribution in [2.24, 2.45) is 0 Å². The molecule has 31 heavy (non-hydrogen) atoms. The molecule has 2 heterocycles. The lowest BCUT2D eigenvalue weighted by Gasteiger charge is -2.17. The highest BCUT2D eigenvalue weighted by Gasteiger charge is 2.17. The van der Waals surface area contributed by atoms with E-state index < -0.39 is 0 Å². The van der Waals surface area contributed by atoms with Gasteiger partial charge in [0.2, 0.25) is 5.91 Å². The Labute approximate surface area is 184 Å². The predicted molar refractivity (Wildman–Crippen MR) is 123 cm³/mol. The van der Waals surface area contributed by atoms with E-state index in [2.05, 4.69) is 6.07 Å². The van der Waals surface area contributed by atoms with Crippen LogP contribution in [0.25, 0.3) is 16.6 Å². The smallest absolute Gasteiger partial charge is 0.266 e. The van der Waals surface area contributed by atoms with E-state index in [1.54, 1.807) is 34.9 Å². The summed E-state index contributed by atoms with van der Waals surface area (Å²) in [6, 6.07) is 16.9. The second-order valence-corrected chi connectivity index (χ2v) is 8.46. The van der Waals surface area contributed by atoms with Gasteiger partial charge in [0.05, 0.1) is 35.2 Å². The van der Waals surface area contributed by atoms with E-state index in [0.717, 1.165) is 22.6 Å². The normalized spacial score (nSPS) is 11.1. The Morgan fingerprint density at radius 2 is 1.84 bits per heavy atom. The van der Waals surface area contributed by atoms with Gasteiger partial charge in [0.25, 0.3) is 5.56 Å². The number of carbonyl (C=O) groups excluding carboxylic acids is 1. The number of nitrogens with zero attached hydrogens (tertiary/aromatic N) is 3. The highest BCUT2D eigenvalue weighted by molar-refractivity contribution is 7.99. The van der Waals surface area contributed by atoms with Gasteiger partial charge >= 0.3 is 0 Å². The van der Waals surface area contributed by atoms with Crippen LogP contribution in [0.1, 0.15) is 16.9 Å². The van der Waals surface area contributed by atoms with Crippen LogP contribution >= 0.6 is 11.8 Å². The summed E-state index contributed by atoms with van der Waals surface area (Å²) < 4.78 is 6.93. The van der Waals surface area contributed by atoms with Gasteiger partial charge in [-0.15, -0.1) is 0 Å². The number of fused-ring (bicyclic) bond motifs is 1. The second-order valence-electron chi connectivity index (χ2n) is 7.52. The number of hydrogen-bond donors (Lipinski definition) is 0. The van der Waals surface area contributed by atoms with Crippen LogP contribution < -0.4 is 5.56 Å². The molecule has 158 valence electrons. The van der Waals surface area contributed by atoms with Gasteiger partial charge in [-0.25, -0.2) is 4.98 Å². The molecule has 0 bridgehead atoms. The van der Waals surface area contributed by atoms with Crippen LogP contribution in [0.5, 0.6) is 0 Å². The van der Waals surface area contributed by atoms with Gasteiger partial charge in [-0.1, -0.05) is 30.0 Å². The molecule has 0 N–H and O–H groups in total. The number of rotatable bonds is 6. The van der Waals surface area contributed by atoms with E-state index in [9.17, 15) is 9.59 Å². The molecule has 2 aromatic carbocycles. The number of para-hydroxylation sites is 1. The summed E-state index contributed by atoms with van der Waals surface area (Å²) in [5.41, 5.74) is 3.33. The first-order chi connectivity index (χ1) is 14.9. The summed E-state index contributed by atoms with van der Waals surface area (Å²) in [6.45, 7) is 4.38. The van der Waals surface area contributed by atoms with Crippen LogP contribution in [0.4, 0.5) is 0 Å². The Kier molecular flexibility index (Phi) is 5.95. The number of aromatic nitrogens is 2. The molecule has 4 aromatic rings. The third kappa shape index (κ3) is 4.56. The maximum absolute atomic E-state index is 13.4. The first-order valence-corrected chi connectivity index (χ1v) is 10.9. The minimum absolute atomic E-state index is 0.0734. The van der Waals surface area contributed by atoms with Gasteiger partial charge < -0.3 is 9.32 Å². The lowest BCUT2D eigenvalue weighted by Crippen LogP contribution is -2.28. The van der Waals surface area contributed by atoms with E-state index in [1.165, 1.54) is 11.8 Å². The molecule has 0 radical (unpaired) electrons. The molecule has 0 saturated heterocycles. The van der Waals surface area contributed by atoms with Crippen molar-refractivity contribution in [1.29, 1.82) is 0 Å². The van der Waals surface area contributed by atoms with Crippen molar-refractivity contribution < 1.29 is 9.21 Å². The fourth-order valence-electron chi connectivity index (χ4n) is 3.48. The number of carbonyl (C=O) groups is 1. The number of amides is 1. The van der Waals surface area contributed by atoms with Crippen LogP contribution in [0.2, 0.25) is 0 Å². The quantitative estimate of drug-likeness (QED) is 0.334. The Morgan fingerprint density at radius 3 is 2.55 bits per heavy atom. The molecule has 1 amide bonds. The molecule has 4 rings (SSSR count). The molecule has 0 unspecified atom stereocenters. The van der Waals surface area contributed by atoms with E-state index in [-0.39, 0.29) is 17.2 Å². The van der Waals surface area contributed by atoms with Crippen molar-refractivity contribution in [3.63, 3.8) is 0 Å². The molecule has 0 spiro atoms. The van der Waals surface area contributed by atoms with Crippen molar-refractivity contribution in [2.75, 3.05) is 12.8 Å². The van der Waals surface area contributed by atoms with Gasteiger partial charge in [-0.2, -0.15) is 0 Å². The van der Waals surface area contributed by atoms with Crippen molar-refractivity contribution in [3.05, 3.63) is 88.1 Å². The molecule has 0 saturated carbocycles. The van der Waals surface area contributed by atoms with Crippen molar-refractivity contribution in [3.8, 4) is 5.69 Å². The summed E-state index contributed by atoms with van der Waals surface area (Å²) >= 11 is 1.26. The Morgan fingerprint density at radius 1 is 1.10 bits per heavy atom. The molecular weight excluding hydrogens is 410 g/mol. The Balaban J connectivity index is 1.69. The molecule has 0 aliphatic heterocycles. The zero-order valence-corrected chi connectivity index (χ0v) is 18.5. The van der Waals surface area contributed by atoms with Crippen LogP contribution in [0.3, 0.4) is 0 Å². The van der Waals surface area contributed by atoms with Crippen molar-refractivity contribution in [1.82, 2.24) is 14.5 Å². The van der Waals surface area contributed by atoms with E-state index in [4.69, 9.17) is 9.40 Å². The van der Waals surface area contributed by atoms with E-state index in [0.29, 0.717) is 22.6 Å². The lowest BCUT2D eigenvalue weighted by atomic mass is 10.1. The number of furan rings is 1. The third-order valence-electron chi connectivity index (χ3n) is 4.93. The first-order valence-electron chi connectivity index (χ1n) is 9.92. The highest BCUT2D eigenvalue weighted by atomic mass is 32.2. The zero-order chi connectivity index (χ0) is 22.0. The minimum Gasteiger partial charge on any atom is -0.467 e. The molecule has 0 aliphatic carbocycles. The minimum atomic E-state index is -0.144. The number of benzene rings is 2. The highest BCUT2D eigenvalue weighted by Crippen LogP contribution is 2.23. The summed E-state index contributed by atoms with van der Waals surface area (Å²) in [5, 5.41) is 1.04. The average Bonchev–Trinajstić information content (AvgIpc) is 3.24. The van der Waals surface area contributed by atoms with Crippen LogP contribution in [-0.2, 0) is 11.3 Å². The Hall–Kier alpha value is -3.32. The standard InChI is InChI=1S/C24H23N3O3S/c1-16-11-17(2)13-18(12-16)27-23(29)20-8-4-5-9-21(20)25-24(27)31-15-22(28)26(3)14-19-7-6-10-30-19/h4-13H,14-15H2,1-3H3. The zero-order valence-electron chi connectivity index (χ0n) is 17.7. The summed E-state index contributed by atoms with van der Waals surface area (Å²) in [7, 11) is 1.73. The Bertz CT molecular complexity index is 1280. The molecule has 0 atom stereocenters. The number of hydrogen-bond acceptors (Lipinski definition) is 5. The maximum atomic E-state index is 13.4. The van der Waals surface area contributed by atoms with Crippen molar-refractivity contribution in [2.45, 2.75) is 25.5 Å².